The maximum Gasteiger partial charge on any atom is 0.238 e. The summed E-state index contributed by atoms with van der Waals surface area (Å²) in [7, 11) is 0. The van der Waals surface area contributed by atoms with E-state index in [0.29, 0.717) is 36.4 Å². The number of imidazole rings is 1. The summed E-state index contributed by atoms with van der Waals surface area (Å²) in [5, 5.41) is 6.75. The van der Waals surface area contributed by atoms with Gasteiger partial charge in [-0.1, -0.05) is 41.9 Å². The van der Waals surface area contributed by atoms with E-state index in [9.17, 15) is 4.79 Å². The summed E-state index contributed by atoms with van der Waals surface area (Å²) in [6.07, 6.45) is 6.26. The minimum Gasteiger partial charge on any atom is -0.356 e. The van der Waals surface area contributed by atoms with Crippen LogP contribution in [0.3, 0.4) is 0 Å². The molecule has 0 bridgehead atoms. The van der Waals surface area contributed by atoms with Gasteiger partial charge < -0.3 is 15.5 Å². The molecule has 2 N–H and O–H groups in total. The Morgan fingerprint density at radius 3 is 2.93 bits per heavy atom. The molecule has 9 heteroatoms. The molecule has 0 spiro atoms. The largest absolute Gasteiger partial charge is 0.356 e. The highest BCUT2D eigenvalue weighted by Gasteiger charge is 2.26. The standard InChI is InChI=1S/C21H24ClN7O/c22-18-13-19(27-21(26-18)28-10-8-24-15-28)29-11-9-23-14-17(29)12-20(30)25-7-6-16-4-2-1-3-5-16/h1-5,8,10,13,15,17,23H,6-7,9,11-12,14H2,(H,25,30). The number of hydrogen-bond donors (Lipinski definition) is 2. The number of halogens is 1. The van der Waals surface area contributed by atoms with Crippen molar-refractivity contribution in [1.82, 2.24) is 30.2 Å². The summed E-state index contributed by atoms with van der Waals surface area (Å²) < 4.78 is 1.71. The van der Waals surface area contributed by atoms with Gasteiger partial charge in [0.1, 0.15) is 17.3 Å². The van der Waals surface area contributed by atoms with Crippen LogP contribution in [0.4, 0.5) is 5.82 Å². The lowest BCUT2D eigenvalue weighted by Crippen LogP contribution is -2.53. The number of hydrogen-bond acceptors (Lipinski definition) is 6. The van der Waals surface area contributed by atoms with Crippen molar-refractivity contribution in [2.45, 2.75) is 18.9 Å². The predicted octanol–water partition coefficient (Wildman–Crippen LogP) is 1.84. The van der Waals surface area contributed by atoms with Gasteiger partial charge in [-0.3, -0.25) is 9.36 Å². The fourth-order valence-corrected chi connectivity index (χ4v) is 3.73. The van der Waals surface area contributed by atoms with Gasteiger partial charge in [0.25, 0.3) is 0 Å². The fourth-order valence-electron chi connectivity index (χ4n) is 3.56. The molecule has 1 aromatic carbocycles. The van der Waals surface area contributed by atoms with Crippen molar-refractivity contribution < 1.29 is 4.79 Å². The smallest absolute Gasteiger partial charge is 0.238 e. The van der Waals surface area contributed by atoms with E-state index in [1.165, 1.54) is 5.56 Å². The zero-order chi connectivity index (χ0) is 20.8. The first-order chi connectivity index (χ1) is 14.7. The highest BCUT2D eigenvalue weighted by molar-refractivity contribution is 6.29. The monoisotopic (exact) mass is 425 g/mol. The van der Waals surface area contributed by atoms with Crippen molar-refractivity contribution in [1.29, 1.82) is 0 Å². The molecule has 8 nitrogen and oxygen atoms in total. The number of amides is 1. The number of piperazine rings is 1. The van der Waals surface area contributed by atoms with Crippen molar-refractivity contribution in [2.24, 2.45) is 0 Å². The van der Waals surface area contributed by atoms with Gasteiger partial charge in [0.05, 0.1) is 6.04 Å². The second-order valence-corrected chi connectivity index (χ2v) is 7.55. The van der Waals surface area contributed by atoms with Crippen LogP contribution in [0.25, 0.3) is 5.95 Å². The predicted molar refractivity (Wildman–Crippen MR) is 116 cm³/mol. The molecule has 1 fully saturated rings. The number of rotatable bonds is 7. The molecule has 0 aliphatic carbocycles. The average Bonchev–Trinajstić information content (AvgIpc) is 3.29. The number of carbonyl (C=O) groups excluding carboxylic acids is 1. The Hall–Kier alpha value is -2.97. The van der Waals surface area contributed by atoms with Crippen LogP contribution in [0.15, 0.2) is 55.1 Å². The fraction of sp³-hybridized carbons (Fsp3) is 0.333. The zero-order valence-corrected chi connectivity index (χ0v) is 17.3. The van der Waals surface area contributed by atoms with E-state index in [0.717, 1.165) is 19.5 Å². The summed E-state index contributed by atoms with van der Waals surface area (Å²) >= 11 is 6.26. The van der Waals surface area contributed by atoms with E-state index in [2.05, 4.69) is 42.6 Å². The average molecular weight is 426 g/mol. The quantitative estimate of drug-likeness (QED) is 0.561. The summed E-state index contributed by atoms with van der Waals surface area (Å²) in [5.41, 5.74) is 1.21. The van der Waals surface area contributed by atoms with Crippen LogP contribution in [0.5, 0.6) is 0 Å². The van der Waals surface area contributed by atoms with Gasteiger partial charge in [0.15, 0.2) is 0 Å². The third-order valence-electron chi connectivity index (χ3n) is 5.05. The van der Waals surface area contributed by atoms with Crippen LogP contribution in [-0.2, 0) is 11.2 Å². The van der Waals surface area contributed by atoms with Crippen molar-refractivity contribution >= 4 is 23.3 Å². The van der Waals surface area contributed by atoms with Crippen molar-refractivity contribution in [3.63, 3.8) is 0 Å². The number of nitrogens with zero attached hydrogens (tertiary/aromatic N) is 5. The lowest BCUT2D eigenvalue weighted by molar-refractivity contribution is -0.121. The minimum atomic E-state index is -0.0166. The summed E-state index contributed by atoms with van der Waals surface area (Å²) in [5.74, 6) is 1.20. The van der Waals surface area contributed by atoms with Crippen LogP contribution >= 0.6 is 11.6 Å². The van der Waals surface area contributed by atoms with Gasteiger partial charge in [0, 0.05) is 51.1 Å². The molecule has 4 rings (SSSR count). The van der Waals surface area contributed by atoms with Crippen molar-refractivity contribution in [3.8, 4) is 5.95 Å². The molecule has 1 amide bonds. The Labute approximate surface area is 180 Å². The first-order valence-electron chi connectivity index (χ1n) is 10.00. The highest BCUT2D eigenvalue weighted by Crippen LogP contribution is 2.22. The first kappa shape index (κ1) is 20.3. The van der Waals surface area contributed by atoms with Gasteiger partial charge in [0.2, 0.25) is 11.9 Å². The normalized spacial score (nSPS) is 16.4. The second-order valence-electron chi connectivity index (χ2n) is 7.16. The molecular formula is C21H24ClN7O. The lowest BCUT2D eigenvalue weighted by atomic mass is 10.1. The molecular weight excluding hydrogens is 402 g/mol. The summed E-state index contributed by atoms with van der Waals surface area (Å²) in [4.78, 5) is 27.7. The van der Waals surface area contributed by atoms with Gasteiger partial charge in [-0.25, -0.2) is 9.97 Å². The van der Waals surface area contributed by atoms with Gasteiger partial charge >= 0.3 is 0 Å². The van der Waals surface area contributed by atoms with Crippen LogP contribution in [0, 0.1) is 0 Å². The maximum atomic E-state index is 12.6. The minimum absolute atomic E-state index is 0.0166. The molecule has 1 unspecified atom stereocenters. The van der Waals surface area contributed by atoms with Crippen LogP contribution in [0.1, 0.15) is 12.0 Å². The molecule has 3 heterocycles. The number of anilines is 1. The number of aromatic nitrogens is 4. The molecule has 2 aromatic heterocycles. The van der Waals surface area contributed by atoms with E-state index in [1.807, 2.05) is 18.2 Å². The summed E-state index contributed by atoms with van der Waals surface area (Å²) in [6, 6.07) is 11.9. The molecule has 1 aliphatic rings. The number of carbonyl (C=O) groups is 1. The first-order valence-corrected chi connectivity index (χ1v) is 10.4. The third kappa shape index (κ3) is 5.14. The molecule has 0 radical (unpaired) electrons. The number of nitrogens with one attached hydrogen (secondary N) is 2. The van der Waals surface area contributed by atoms with Gasteiger partial charge in [-0.2, -0.15) is 4.98 Å². The maximum absolute atomic E-state index is 12.6. The zero-order valence-electron chi connectivity index (χ0n) is 16.5. The molecule has 1 aliphatic heterocycles. The Morgan fingerprint density at radius 2 is 2.13 bits per heavy atom. The molecule has 3 aromatic rings. The van der Waals surface area contributed by atoms with E-state index in [4.69, 9.17) is 11.6 Å². The highest BCUT2D eigenvalue weighted by atomic mass is 35.5. The molecule has 156 valence electrons. The Kier molecular flexibility index (Phi) is 6.56. The van der Waals surface area contributed by atoms with E-state index < -0.39 is 0 Å². The summed E-state index contributed by atoms with van der Waals surface area (Å²) in [6.45, 7) is 2.87. The van der Waals surface area contributed by atoms with Crippen molar-refractivity contribution in [2.75, 3.05) is 31.1 Å². The lowest BCUT2D eigenvalue weighted by Gasteiger charge is -2.37. The van der Waals surface area contributed by atoms with E-state index in [-0.39, 0.29) is 11.9 Å². The van der Waals surface area contributed by atoms with Crippen LogP contribution < -0.4 is 15.5 Å². The van der Waals surface area contributed by atoms with Gasteiger partial charge in [-0.05, 0) is 12.0 Å². The second kappa shape index (κ2) is 9.69. The van der Waals surface area contributed by atoms with Gasteiger partial charge in [-0.15, -0.1) is 0 Å². The SMILES string of the molecule is O=C(CC1CNCCN1c1cc(Cl)nc(-n2ccnc2)n1)NCCc1ccccc1. The molecule has 1 saturated heterocycles. The molecule has 30 heavy (non-hydrogen) atoms. The third-order valence-corrected chi connectivity index (χ3v) is 5.24. The topological polar surface area (TPSA) is 88.0 Å². The van der Waals surface area contributed by atoms with Crippen molar-refractivity contribution in [3.05, 3.63) is 65.8 Å². The Bertz CT molecular complexity index is 965. The van der Waals surface area contributed by atoms with E-state index >= 15 is 0 Å². The number of benzene rings is 1. The Balaban J connectivity index is 1.41. The van der Waals surface area contributed by atoms with Crippen LogP contribution in [0.2, 0.25) is 5.15 Å². The Morgan fingerprint density at radius 1 is 1.27 bits per heavy atom. The van der Waals surface area contributed by atoms with Crippen LogP contribution in [-0.4, -0.2) is 57.6 Å². The van der Waals surface area contributed by atoms with E-state index in [1.54, 1.807) is 29.4 Å². The molecule has 0 saturated carbocycles. The molecule has 1 atom stereocenters.